The van der Waals surface area contributed by atoms with Crippen LogP contribution >= 0.6 is 0 Å². The van der Waals surface area contributed by atoms with Crippen LogP contribution in [0.5, 0.6) is 0 Å². The second-order valence-corrected chi connectivity index (χ2v) is 13.7. The number of hydrogen-bond acceptors (Lipinski definition) is 12. The first-order chi connectivity index (χ1) is 22.2. The standard InChI is InChI=1S/C31H53F3N2O11/c1-5-20-15(2)11-12-21(24(20)47-29-27(40)36(42)26(39)17(4)44-29)46-28-22(35-30(41)31(32,33)34)25(23(38)16(3)43-28)45-19(14-37)13-18-9-7-6-8-10-18/h15-29,37-40,42H,5-14H2,1-4H3,(H,35,41). The highest BCUT2D eigenvalue weighted by Crippen LogP contribution is 2.40. The van der Waals surface area contributed by atoms with E-state index in [0.29, 0.717) is 30.7 Å². The lowest BCUT2D eigenvalue weighted by molar-refractivity contribution is -0.408. The summed E-state index contributed by atoms with van der Waals surface area (Å²) in [6.07, 6.45) is -11.7. The predicted molar refractivity (Wildman–Crippen MR) is 157 cm³/mol. The number of hydroxylamine groups is 2. The van der Waals surface area contributed by atoms with Crippen LogP contribution in [0.1, 0.15) is 85.5 Å². The van der Waals surface area contributed by atoms with E-state index in [4.69, 9.17) is 23.7 Å². The molecule has 4 fully saturated rings. The molecular weight excluding hydrogens is 633 g/mol. The van der Waals surface area contributed by atoms with Crippen LogP contribution < -0.4 is 5.32 Å². The maximum absolute atomic E-state index is 13.6. The molecule has 13 nitrogen and oxygen atoms in total. The first kappa shape index (κ1) is 38.6. The number of carbonyl (C=O) groups excluding carboxylic acids is 1. The van der Waals surface area contributed by atoms with E-state index in [0.717, 1.165) is 32.1 Å². The Morgan fingerprint density at radius 1 is 0.936 bits per heavy atom. The first-order valence-electron chi connectivity index (χ1n) is 16.9. The number of aliphatic hydroxyl groups excluding tert-OH is 4. The van der Waals surface area contributed by atoms with E-state index in [2.05, 4.69) is 0 Å². The van der Waals surface area contributed by atoms with Crippen molar-refractivity contribution in [2.75, 3.05) is 6.61 Å². The molecule has 1 amide bonds. The number of nitrogens with zero attached hydrogens (tertiary/aromatic N) is 1. The molecule has 0 aromatic rings. The molecule has 0 aromatic carbocycles. The van der Waals surface area contributed by atoms with Gasteiger partial charge in [0.15, 0.2) is 25.0 Å². The van der Waals surface area contributed by atoms with Crippen LogP contribution in [0.2, 0.25) is 0 Å². The Balaban J connectivity index is 1.60. The van der Waals surface area contributed by atoms with E-state index in [-0.39, 0.29) is 17.8 Å². The van der Waals surface area contributed by atoms with Crippen molar-refractivity contribution in [2.24, 2.45) is 17.8 Å². The number of alkyl halides is 3. The summed E-state index contributed by atoms with van der Waals surface area (Å²) in [7, 11) is 0. The highest BCUT2D eigenvalue weighted by molar-refractivity contribution is 5.82. The van der Waals surface area contributed by atoms with Crippen LogP contribution in [0.4, 0.5) is 13.2 Å². The SMILES string of the molecule is CCC1C(C)CCC(OC2OC(C)C(O)C(OC(CO)CC3CCCCC3)C2NC(=O)C(F)(F)F)C1OC1OC(C)C(O)N(O)C1O. The van der Waals surface area contributed by atoms with Crippen LogP contribution in [-0.2, 0) is 28.5 Å². The number of hydrogen-bond donors (Lipinski definition) is 6. The quantitative estimate of drug-likeness (QED) is 0.187. The van der Waals surface area contributed by atoms with Gasteiger partial charge in [-0.15, -0.1) is 5.06 Å². The fourth-order valence-corrected chi connectivity index (χ4v) is 7.52. The molecule has 14 atom stereocenters. The Labute approximate surface area is 273 Å². The summed E-state index contributed by atoms with van der Waals surface area (Å²) in [6, 6.07) is -1.63. The van der Waals surface area contributed by atoms with Gasteiger partial charge in [0.2, 0.25) is 0 Å². The molecule has 6 N–H and O–H groups in total. The van der Waals surface area contributed by atoms with Crippen molar-refractivity contribution < 1.29 is 67.3 Å². The molecular formula is C31H53F3N2O11. The Morgan fingerprint density at radius 3 is 2.21 bits per heavy atom. The number of carbonyl (C=O) groups is 1. The van der Waals surface area contributed by atoms with E-state index in [1.807, 2.05) is 19.2 Å². The summed E-state index contributed by atoms with van der Waals surface area (Å²) >= 11 is 0. The van der Waals surface area contributed by atoms with Crippen molar-refractivity contribution >= 4 is 5.91 Å². The third-order valence-electron chi connectivity index (χ3n) is 10.3. The average molecular weight is 687 g/mol. The Morgan fingerprint density at radius 2 is 1.60 bits per heavy atom. The Kier molecular flexibility index (Phi) is 13.7. The Hall–Kier alpha value is -1.18. The lowest BCUT2D eigenvalue weighted by Gasteiger charge is -2.49. The van der Waals surface area contributed by atoms with Gasteiger partial charge in [0, 0.05) is 0 Å². The fraction of sp³-hybridized carbons (Fsp3) is 0.968. The predicted octanol–water partition coefficient (Wildman–Crippen LogP) is 2.16. The molecule has 0 radical (unpaired) electrons. The maximum Gasteiger partial charge on any atom is 0.471 e. The van der Waals surface area contributed by atoms with E-state index in [1.165, 1.54) is 13.8 Å². The van der Waals surface area contributed by atoms with Crippen LogP contribution in [0.3, 0.4) is 0 Å². The van der Waals surface area contributed by atoms with Gasteiger partial charge in [0.1, 0.15) is 18.2 Å². The van der Waals surface area contributed by atoms with Crippen LogP contribution in [0, 0.1) is 17.8 Å². The summed E-state index contributed by atoms with van der Waals surface area (Å²) in [5.41, 5.74) is 0. The number of rotatable bonds is 11. The largest absolute Gasteiger partial charge is 0.471 e. The molecule has 47 heavy (non-hydrogen) atoms. The molecule has 14 unspecified atom stereocenters. The molecule has 2 saturated carbocycles. The van der Waals surface area contributed by atoms with Gasteiger partial charge in [-0.3, -0.25) is 4.79 Å². The van der Waals surface area contributed by atoms with E-state index < -0.39 is 92.5 Å². The summed E-state index contributed by atoms with van der Waals surface area (Å²) in [5.74, 6) is -2.10. The normalized spacial score (nSPS) is 41.8. The summed E-state index contributed by atoms with van der Waals surface area (Å²) in [5, 5.41) is 54.5. The van der Waals surface area contributed by atoms with Crippen LogP contribution in [-0.4, -0.2) is 123 Å². The lowest BCUT2D eigenvalue weighted by atomic mass is 9.75. The maximum atomic E-state index is 13.6. The van der Waals surface area contributed by atoms with Gasteiger partial charge in [-0.1, -0.05) is 52.4 Å². The number of amides is 1. The Bertz CT molecular complexity index is 993. The zero-order valence-corrected chi connectivity index (χ0v) is 27.5. The van der Waals surface area contributed by atoms with Crippen molar-refractivity contribution in [3.63, 3.8) is 0 Å². The minimum absolute atomic E-state index is 0.105. The lowest BCUT2D eigenvalue weighted by Crippen LogP contribution is -2.67. The van der Waals surface area contributed by atoms with Crippen LogP contribution in [0.15, 0.2) is 0 Å². The number of nitrogens with one attached hydrogen (secondary N) is 1. The van der Waals surface area contributed by atoms with Crippen molar-refractivity contribution in [3.05, 3.63) is 0 Å². The zero-order valence-electron chi connectivity index (χ0n) is 27.5. The second kappa shape index (κ2) is 16.7. The molecule has 2 aliphatic heterocycles. The first-order valence-corrected chi connectivity index (χ1v) is 16.9. The van der Waals surface area contributed by atoms with Gasteiger partial charge in [-0.2, -0.15) is 13.2 Å². The molecule has 274 valence electrons. The van der Waals surface area contributed by atoms with Gasteiger partial charge in [0.05, 0.1) is 37.1 Å². The number of morpholine rings is 1. The molecule has 2 heterocycles. The van der Waals surface area contributed by atoms with Gasteiger partial charge in [-0.25, -0.2) is 0 Å². The van der Waals surface area contributed by atoms with Crippen molar-refractivity contribution in [2.45, 2.75) is 165 Å². The molecule has 0 aromatic heterocycles. The number of ether oxygens (including phenoxy) is 5. The van der Waals surface area contributed by atoms with E-state index in [9.17, 15) is 43.6 Å². The van der Waals surface area contributed by atoms with Gasteiger partial charge >= 0.3 is 12.1 Å². The second-order valence-electron chi connectivity index (χ2n) is 13.7. The molecule has 16 heteroatoms. The fourth-order valence-electron chi connectivity index (χ4n) is 7.52. The topological polar surface area (TPSA) is 180 Å². The summed E-state index contributed by atoms with van der Waals surface area (Å²) in [6.45, 7) is 6.49. The average Bonchev–Trinajstić information content (AvgIpc) is 3.03. The molecule has 4 rings (SSSR count). The smallest absolute Gasteiger partial charge is 0.394 e. The highest BCUT2D eigenvalue weighted by Gasteiger charge is 2.53. The number of halogens is 3. The molecule has 2 saturated heterocycles. The third-order valence-corrected chi connectivity index (χ3v) is 10.3. The van der Waals surface area contributed by atoms with Gasteiger partial charge in [0.25, 0.3) is 0 Å². The molecule has 0 bridgehead atoms. The van der Waals surface area contributed by atoms with Crippen molar-refractivity contribution in [1.82, 2.24) is 10.4 Å². The van der Waals surface area contributed by atoms with Crippen molar-refractivity contribution in [3.8, 4) is 0 Å². The van der Waals surface area contributed by atoms with Crippen molar-refractivity contribution in [1.29, 1.82) is 0 Å². The minimum atomic E-state index is -5.26. The summed E-state index contributed by atoms with van der Waals surface area (Å²) in [4.78, 5) is 12.3. The van der Waals surface area contributed by atoms with Gasteiger partial charge in [-0.05, 0) is 50.9 Å². The third kappa shape index (κ3) is 9.34. The van der Waals surface area contributed by atoms with Gasteiger partial charge < -0.3 is 54.6 Å². The molecule has 2 aliphatic carbocycles. The highest BCUT2D eigenvalue weighted by atomic mass is 19.4. The molecule has 4 aliphatic rings. The summed E-state index contributed by atoms with van der Waals surface area (Å²) < 4.78 is 71.1. The minimum Gasteiger partial charge on any atom is -0.394 e. The van der Waals surface area contributed by atoms with E-state index in [1.54, 1.807) is 0 Å². The van der Waals surface area contributed by atoms with Crippen LogP contribution in [0.25, 0.3) is 0 Å². The monoisotopic (exact) mass is 686 g/mol. The van der Waals surface area contributed by atoms with E-state index >= 15 is 0 Å². The zero-order chi connectivity index (χ0) is 34.6. The number of aliphatic hydroxyl groups is 4. The molecule has 0 spiro atoms.